The first-order valence-corrected chi connectivity index (χ1v) is 7.49. The van der Waals surface area contributed by atoms with Crippen molar-refractivity contribution in [2.24, 2.45) is 0 Å². The maximum absolute atomic E-state index is 13.3. The van der Waals surface area contributed by atoms with Gasteiger partial charge in [0.15, 0.2) is 0 Å². The number of nitrogens with zero attached hydrogens (tertiary/aromatic N) is 1. The molecule has 1 atom stereocenters. The van der Waals surface area contributed by atoms with Gasteiger partial charge in [0.05, 0.1) is 10.2 Å². The molecule has 0 saturated heterocycles. The van der Waals surface area contributed by atoms with Crippen LogP contribution in [0.4, 0.5) is 8.78 Å². The van der Waals surface area contributed by atoms with Gasteiger partial charge in [-0.2, -0.15) is 0 Å². The fourth-order valence-electron chi connectivity index (χ4n) is 2.40. The highest BCUT2D eigenvalue weighted by Gasteiger charge is 2.13. The lowest BCUT2D eigenvalue weighted by molar-refractivity contribution is 0.561. The van der Waals surface area contributed by atoms with Crippen molar-refractivity contribution in [3.63, 3.8) is 0 Å². The number of fused-ring (bicyclic) bond motifs is 1. The predicted octanol–water partition coefficient (Wildman–Crippen LogP) is 4.08. The maximum Gasteiger partial charge on any atom is 0.126 e. The van der Waals surface area contributed by atoms with E-state index < -0.39 is 11.6 Å². The highest BCUT2D eigenvalue weighted by Crippen LogP contribution is 2.25. The van der Waals surface area contributed by atoms with Gasteiger partial charge in [-0.05, 0) is 54.2 Å². The van der Waals surface area contributed by atoms with Gasteiger partial charge in [0.25, 0.3) is 0 Å². The van der Waals surface area contributed by atoms with E-state index in [4.69, 9.17) is 0 Å². The van der Waals surface area contributed by atoms with E-state index in [9.17, 15) is 8.78 Å². The van der Waals surface area contributed by atoms with E-state index in [1.165, 1.54) is 12.1 Å². The lowest BCUT2D eigenvalue weighted by Gasteiger charge is -2.16. The van der Waals surface area contributed by atoms with Crippen LogP contribution in [0.25, 0.3) is 10.2 Å². The second kappa shape index (κ2) is 5.87. The molecule has 1 N–H and O–H groups in total. The Morgan fingerprint density at radius 2 is 1.95 bits per heavy atom. The van der Waals surface area contributed by atoms with E-state index >= 15 is 0 Å². The molecule has 0 fully saturated rings. The molecule has 1 aromatic carbocycles. The van der Waals surface area contributed by atoms with Crippen LogP contribution in [-0.2, 0) is 6.42 Å². The topological polar surface area (TPSA) is 24.9 Å². The van der Waals surface area contributed by atoms with Crippen LogP contribution in [0, 0.1) is 11.6 Å². The average Bonchev–Trinajstić information content (AvgIpc) is 2.91. The van der Waals surface area contributed by atoms with Gasteiger partial charge in [-0.3, -0.25) is 4.98 Å². The molecular weight excluding hydrogens is 290 g/mol. The van der Waals surface area contributed by atoms with Gasteiger partial charge in [-0.25, -0.2) is 8.78 Å². The predicted molar refractivity (Wildman–Crippen MR) is 81.5 cm³/mol. The van der Waals surface area contributed by atoms with Crippen molar-refractivity contribution in [2.75, 3.05) is 7.05 Å². The first-order valence-electron chi connectivity index (χ1n) is 6.61. The van der Waals surface area contributed by atoms with Crippen molar-refractivity contribution in [1.29, 1.82) is 0 Å². The number of halogens is 2. The number of hydrogen-bond acceptors (Lipinski definition) is 3. The van der Waals surface area contributed by atoms with E-state index in [2.05, 4.69) is 16.4 Å². The molecule has 2 aromatic heterocycles. The largest absolute Gasteiger partial charge is 0.313 e. The van der Waals surface area contributed by atoms with Crippen LogP contribution in [0.3, 0.4) is 0 Å². The van der Waals surface area contributed by atoms with Crippen LogP contribution in [0.15, 0.2) is 41.9 Å². The molecule has 2 heterocycles. The van der Waals surface area contributed by atoms with Crippen LogP contribution in [0.2, 0.25) is 0 Å². The van der Waals surface area contributed by atoms with Crippen molar-refractivity contribution in [3.05, 3.63) is 64.7 Å². The molecule has 0 aliphatic carbocycles. The standard InChI is InChI=1S/C16H14F2N2S/c1-19-15(6-10-4-12(17)8-13(18)5-10)11-7-16-14(20-9-11)2-3-21-16/h2-5,7-9,15,19H,6H2,1H3. The summed E-state index contributed by atoms with van der Waals surface area (Å²) in [5.41, 5.74) is 2.60. The summed E-state index contributed by atoms with van der Waals surface area (Å²) in [5, 5.41) is 5.18. The monoisotopic (exact) mass is 304 g/mol. The van der Waals surface area contributed by atoms with E-state index in [0.717, 1.165) is 21.8 Å². The minimum atomic E-state index is -0.549. The fourth-order valence-corrected chi connectivity index (χ4v) is 3.19. The van der Waals surface area contributed by atoms with E-state index in [0.29, 0.717) is 12.0 Å². The third-order valence-corrected chi connectivity index (χ3v) is 4.29. The molecule has 3 aromatic rings. The first-order chi connectivity index (χ1) is 10.2. The van der Waals surface area contributed by atoms with Crippen molar-refractivity contribution in [1.82, 2.24) is 10.3 Å². The van der Waals surface area contributed by atoms with Crippen LogP contribution in [0.5, 0.6) is 0 Å². The number of pyridine rings is 1. The molecule has 5 heteroatoms. The van der Waals surface area contributed by atoms with Gasteiger partial charge < -0.3 is 5.32 Å². The maximum atomic E-state index is 13.3. The number of nitrogens with one attached hydrogen (secondary N) is 1. The molecule has 108 valence electrons. The average molecular weight is 304 g/mol. The number of likely N-dealkylation sites (N-methyl/N-ethyl adjacent to an activating group) is 1. The van der Waals surface area contributed by atoms with Crippen LogP contribution in [0.1, 0.15) is 17.2 Å². The smallest absolute Gasteiger partial charge is 0.126 e. The summed E-state index contributed by atoms with van der Waals surface area (Å²) in [4.78, 5) is 4.41. The van der Waals surface area contributed by atoms with Gasteiger partial charge in [-0.15, -0.1) is 11.3 Å². The molecule has 0 aliphatic heterocycles. The summed E-state index contributed by atoms with van der Waals surface area (Å²) in [6.07, 6.45) is 2.32. The third-order valence-electron chi connectivity index (χ3n) is 3.44. The quantitative estimate of drug-likeness (QED) is 0.785. The van der Waals surface area contributed by atoms with Gasteiger partial charge >= 0.3 is 0 Å². The minimum Gasteiger partial charge on any atom is -0.313 e. The zero-order valence-electron chi connectivity index (χ0n) is 11.4. The Hall–Kier alpha value is -1.85. The zero-order valence-corrected chi connectivity index (χ0v) is 12.3. The van der Waals surface area contributed by atoms with Gasteiger partial charge in [0.1, 0.15) is 11.6 Å². The lowest BCUT2D eigenvalue weighted by atomic mass is 10.00. The first kappa shape index (κ1) is 14.1. The van der Waals surface area contributed by atoms with Crippen LogP contribution >= 0.6 is 11.3 Å². The van der Waals surface area contributed by atoms with Crippen molar-refractivity contribution < 1.29 is 8.78 Å². The summed E-state index contributed by atoms with van der Waals surface area (Å²) in [5.74, 6) is -1.10. The van der Waals surface area contributed by atoms with E-state index in [-0.39, 0.29) is 6.04 Å². The molecule has 0 saturated carbocycles. The second-order valence-corrected chi connectivity index (χ2v) is 5.84. The van der Waals surface area contributed by atoms with Crippen molar-refractivity contribution >= 4 is 21.6 Å². The summed E-state index contributed by atoms with van der Waals surface area (Å²) < 4.78 is 27.7. The van der Waals surface area contributed by atoms with Crippen LogP contribution in [-0.4, -0.2) is 12.0 Å². The second-order valence-electron chi connectivity index (χ2n) is 4.90. The highest BCUT2D eigenvalue weighted by atomic mass is 32.1. The minimum absolute atomic E-state index is 0.0369. The molecular formula is C16H14F2N2S. The van der Waals surface area contributed by atoms with Gasteiger partial charge in [-0.1, -0.05) is 0 Å². The molecule has 0 radical (unpaired) electrons. The van der Waals surface area contributed by atoms with Crippen molar-refractivity contribution in [3.8, 4) is 0 Å². The Balaban J connectivity index is 1.90. The van der Waals surface area contributed by atoms with Gasteiger partial charge in [0.2, 0.25) is 0 Å². The Morgan fingerprint density at radius 3 is 2.67 bits per heavy atom. The number of hydrogen-bond donors (Lipinski definition) is 1. The molecule has 0 amide bonds. The number of aromatic nitrogens is 1. The van der Waals surface area contributed by atoms with Crippen LogP contribution < -0.4 is 5.32 Å². The summed E-state index contributed by atoms with van der Waals surface area (Å²) in [6, 6.07) is 7.63. The van der Waals surface area contributed by atoms with E-state index in [1.54, 1.807) is 11.3 Å². The summed E-state index contributed by atoms with van der Waals surface area (Å²) in [7, 11) is 1.83. The normalized spacial score (nSPS) is 12.7. The van der Waals surface area contributed by atoms with Crippen molar-refractivity contribution in [2.45, 2.75) is 12.5 Å². The number of rotatable bonds is 4. The molecule has 1 unspecified atom stereocenters. The third kappa shape index (κ3) is 3.09. The number of benzene rings is 1. The Morgan fingerprint density at radius 1 is 1.19 bits per heavy atom. The highest BCUT2D eigenvalue weighted by molar-refractivity contribution is 7.17. The molecule has 3 rings (SSSR count). The van der Waals surface area contributed by atoms with E-state index in [1.807, 2.05) is 24.7 Å². The molecule has 0 spiro atoms. The SMILES string of the molecule is CNC(Cc1cc(F)cc(F)c1)c1cnc2ccsc2c1. The molecule has 21 heavy (non-hydrogen) atoms. The Labute approximate surface area is 125 Å². The fraction of sp³-hybridized carbons (Fsp3) is 0.188. The Kier molecular flexibility index (Phi) is 3.94. The lowest BCUT2D eigenvalue weighted by Crippen LogP contribution is -2.19. The Bertz CT molecular complexity index is 750. The number of thiophene rings is 1. The summed E-state index contributed by atoms with van der Waals surface area (Å²) in [6.45, 7) is 0. The molecule has 0 aliphatic rings. The summed E-state index contributed by atoms with van der Waals surface area (Å²) >= 11 is 1.63. The van der Waals surface area contributed by atoms with Gasteiger partial charge in [0, 0.05) is 18.3 Å². The molecule has 0 bridgehead atoms. The zero-order chi connectivity index (χ0) is 14.8. The molecule has 2 nitrogen and oxygen atoms in total.